The van der Waals surface area contributed by atoms with Crippen molar-refractivity contribution in [1.29, 1.82) is 0 Å². The van der Waals surface area contributed by atoms with E-state index >= 15 is 0 Å². The summed E-state index contributed by atoms with van der Waals surface area (Å²) in [6.45, 7) is 12.2. The van der Waals surface area contributed by atoms with Crippen LogP contribution in [0.3, 0.4) is 0 Å². The third-order valence-corrected chi connectivity index (χ3v) is 5.69. The molecule has 186 valence electrons. The average Bonchev–Trinajstić information content (AvgIpc) is 3.53. The maximum absolute atomic E-state index is 4.48. The summed E-state index contributed by atoms with van der Waals surface area (Å²) in [6, 6.07) is 16.5. The molecule has 0 atom stereocenters. The van der Waals surface area contributed by atoms with Crippen LogP contribution in [0, 0.1) is 23.7 Å². The first kappa shape index (κ1) is 25.4. The van der Waals surface area contributed by atoms with Crippen LogP contribution in [0.25, 0.3) is 22.5 Å². The maximum atomic E-state index is 4.48. The van der Waals surface area contributed by atoms with E-state index in [1.807, 2.05) is 36.7 Å². The van der Waals surface area contributed by atoms with Gasteiger partial charge in [0.2, 0.25) is 0 Å². The maximum Gasteiger partial charge on any atom is 0.120 e. The van der Waals surface area contributed by atoms with Gasteiger partial charge in [0, 0.05) is 11.1 Å². The molecule has 0 bridgehead atoms. The van der Waals surface area contributed by atoms with E-state index in [4.69, 9.17) is 0 Å². The zero-order valence-electron chi connectivity index (χ0n) is 21.7. The fraction of sp³-hybridized carbons (Fsp3) is 0.333. The number of H-pyrrole nitrogens is 2. The molecule has 2 aromatic heterocycles. The minimum atomic E-state index is 0.623. The van der Waals surface area contributed by atoms with Gasteiger partial charge in [-0.2, -0.15) is 0 Å². The van der Waals surface area contributed by atoms with E-state index in [1.54, 1.807) is 0 Å². The molecule has 0 unspecified atom stereocenters. The van der Waals surface area contributed by atoms with Gasteiger partial charge >= 0.3 is 0 Å². The molecule has 36 heavy (non-hydrogen) atoms. The highest BCUT2D eigenvalue weighted by Crippen LogP contribution is 2.19. The highest BCUT2D eigenvalue weighted by atomic mass is 15.0. The van der Waals surface area contributed by atoms with Gasteiger partial charge in [-0.15, -0.1) is 0 Å². The van der Waals surface area contributed by atoms with Gasteiger partial charge < -0.3 is 20.6 Å². The Bertz CT molecular complexity index is 1180. The Morgan fingerprint density at radius 3 is 1.39 bits per heavy atom. The number of nitrogens with one attached hydrogen (secondary N) is 4. The van der Waals surface area contributed by atoms with E-state index < -0.39 is 0 Å². The van der Waals surface area contributed by atoms with Crippen molar-refractivity contribution in [3.05, 3.63) is 83.7 Å². The third kappa shape index (κ3) is 7.42. The van der Waals surface area contributed by atoms with Crippen LogP contribution in [0.15, 0.2) is 60.9 Å². The topological polar surface area (TPSA) is 81.4 Å². The first-order valence-corrected chi connectivity index (χ1v) is 12.7. The number of aromatic nitrogens is 4. The standard InChI is InChI=1S/C30H36N6/c1-21(2)15-31-19-29-33-17-27(35-29)25-11-7-23(8-12-25)5-6-24-9-13-26(14-10-24)28-18-34-30(36-28)20-32-16-22(3)4/h7-14,17-18,21-22,31-32H,15-16,19-20H2,1-4H3,(H,33,35)(H,34,36). The Hall–Kier alpha value is -3.66. The van der Waals surface area contributed by atoms with E-state index in [-0.39, 0.29) is 0 Å². The van der Waals surface area contributed by atoms with Crippen molar-refractivity contribution >= 4 is 0 Å². The van der Waals surface area contributed by atoms with Gasteiger partial charge in [0.05, 0.1) is 36.9 Å². The average molecular weight is 481 g/mol. The molecule has 6 nitrogen and oxygen atoms in total. The van der Waals surface area contributed by atoms with Gasteiger partial charge in [0.15, 0.2) is 0 Å². The van der Waals surface area contributed by atoms with Crippen molar-refractivity contribution in [3.8, 4) is 34.4 Å². The molecule has 0 aliphatic heterocycles. The van der Waals surface area contributed by atoms with E-state index in [0.717, 1.165) is 71.5 Å². The summed E-state index contributed by atoms with van der Waals surface area (Å²) < 4.78 is 0. The summed E-state index contributed by atoms with van der Waals surface area (Å²) in [6.07, 6.45) is 3.78. The molecule has 0 saturated carbocycles. The van der Waals surface area contributed by atoms with E-state index in [0.29, 0.717) is 11.8 Å². The minimum absolute atomic E-state index is 0.623. The lowest BCUT2D eigenvalue weighted by molar-refractivity contribution is 0.544. The number of imidazole rings is 2. The first-order chi connectivity index (χ1) is 17.5. The molecular weight excluding hydrogens is 444 g/mol. The Balaban J connectivity index is 1.33. The molecule has 0 spiro atoms. The second-order valence-corrected chi connectivity index (χ2v) is 9.94. The number of benzene rings is 2. The van der Waals surface area contributed by atoms with Gasteiger partial charge in [-0.05, 0) is 60.3 Å². The molecule has 0 aliphatic carbocycles. The molecule has 4 N–H and O–H groups in total. The summed E-state index contributed by atoms with van der Waals surface area (Å²) in [5, 5.41) is 6.82. The second-order valence-electron chi connectivity index (χ2n) is 9.94. The Kier molecular flexibility index (Phi) is 8.72. The molecule has 4 aromatic rings. The lowest BCUT2D eigenvalue weighted by Gasteiger charge is -2.05. The van der Waals surface area contributed by atoms with Crippen molar-refractivity contribution in [2.45, 2.75) is 40.8 Å². The molecule has 0 aliphatic rings. The Labute approximate surface area is 214 Å². The first-order valence-electron chi connectivity index (χ1n) is 12.7. The van der Waals surface area contributed by atoms with Crippen LogP contribution in [-0.4, -0.2) is 33.0 Å². The molecule has 0 fully saturated rings. The molecular formula is C30H36N6. The highest BCUT2D eigenvalue weighted by Gasteiger charge is 2.05. The summed E-state index contributed by atoms with van der Waals surface area (Å²) in [5.74, 6) is 9.68. The van der Waals surface area contributed by atoms with Crippen LogP contribution >= 0.6 is 0 Å². The monoisotopic (exact) mass is 480 g/mol. The highest BCUT2D eigenvalue weighted by molar-refractivity contribution is 5.62. The van der Waals surface area contributed by atoms with Gasteiger partial charge in [-0.25, -0.2) is 9.97 Å². The van der Waals surface area contributed by atoms with Crippen LogP contribution < -0.4 is 10.6 Å². The van der Waals surface area contributed by atoms with E-state index in [1.165, 1.54) is 0 Å². The van der Waals surface area contributed by atoms with Gasteiger partial charge in [0.25, 0.3) is 0 Å². The van der Waals surface area contributed by atoms with Crippen molar-refractivity contribution in [2.75, 3.05) is 13.1 Å². The van der Waals surface area contributed by atoms with Crippen LogP contribution in [0.2, 0.25) is 0 Å². The number of hydrogen-bond donors (Lipinski definition) is 4. The number of rotatable bonds is 10. The Morgan fingerprint density at radius 2 is 1.03 bits per heavy atom. The Morgan fingerprint density at radius 1 is 0.639 bits per heavy atom. The molecule has 2 heterocycles. The predicted octanol–water partition coefficient (Wildman–Crippen LogP) is 5.36. The summed E-state index contributed by atoms with van der Waals surface area (Å²) >= 11 is 0. The SMILES string of the molecule is CC(C)CNCc1ncc(-c2ccc(C#Cc3ccc(-c4cnc(CNCC(C)C)[nH]4)cc3)cc2)[nH]1. The fourth-order valence-corrected chi connectivity index (χ4v) is 3.77. The van der Waals surface area contributed by atoms with Crippen molar-refractivity contribution in [2.24, 2.45) is 11.8 Å². The zero-order chi connectivity index (χ0) is 25.3. The van der Waals surface area contributed by atoms with Crippen LogP contribution in [0.5, 0.6) is 0 Å². The predicted molar refractivity (Wildman–Crippen MR) is 147 cm³/mol. The van der Waals surface area contributed by atoms with Gasteiger partial charge in [0.1, 0.15) is 11.6 Å². The van der Waals surface area contributed by atoms with Crippen LogP contribution in [-0.2, 0) is 13.1 Å². The molecule has 0 saturated heterocycles. The van der Waals surface area contributed by atoms with Crippen molar-refractivity contribution in [1.82, 2.24) is 30.6 Å². The van der Waals surface area contributed by atoms with Crippen molar-refractivity contribution in [3.63, 3.8) is 0 Å². The minimum Gasteiger partial charge on any atom is -0.341 e. The van der Waals surface area contributed by atoms with Crippen molar-refractivity contribution < 1.29 is 0 Å². The third-order valence-electron chi connectivity index (χ3n) is 5.69. The number of aromatic amines is 2. The zero-order valence-corrected chi connectivity index (χ0v) is 21.7. The van der Waals surface area contributed by atoms with E-state index in [9.17, 15) is 0 Å². The lowest BCUT2D eigenvalue weighted by Crippen LogP contribution is -2.19. The van der Waals surface area contributed by atoms with Crippen LogP contribution in [0.1, 0.15) is 50.5 Å². The van der Waals surface area contributed by atoms with E-state index in [2.05, 4.69) is 94.4 Å². The molecule has 2 aromatic carbocycles. The summed E-state index contributed by atoms with van der Waals surface area (Å²) in [4.78, 5) is 15.8. The summed E-state index contributed by atoms with van der Waals surface area (Å²) in [5.41, 5.74) is 6.20. The second kappa shape index (κ2) is 12.3. The summed E-state index contributed by atoms with van der Waals surface area (Å²) in [7, 11) is 0. The number of nitrogens with zero attached hydrogens (tertiary/aromatic N) is 2. The molecule has 0 amide bonds. The van der Waals surface area contributed by atoms with Crippen LogP contribution in [0.4, 0.5) is 0 Å². The smallest absolute Gasteiger partial charge is 0.120 e. The number of hydrogen-bond acceptors (Lipinski definition) is 4. The fourth-order valence-electron chi connectivity index (χ4n) is 3.77. The normalized spacial score (nSPS) is 11.2. The van der Waals surface area contributed by atoms with Gasteiger partial charge in [-0.1, -0.05) is 63.8 Å². The quantitative estimate of drug-likeness (QED) is 0.230. The molecule has 0 radical (unpaired) electrons. The lowest BCUT2D eigenvalue weighted by atomic mass is 10.1. The molecule has 4 rings (SSSR count). The molecule has 6 heteroatoms. The largest absolute Gasteiger partial charge is 0.341 e. The van der Waals surface area contributed by atoms with Gasteiger partial charge in [-0.3, -0.25) is 0 Å².